The molecule has 4 rings (SSSR count). The molecule has 0 bridgehead atoms. The van der Waals surface area contributed by atoms with Gasteiger partial charge in [0, 0.05) is 22.4 Å². The van der Waals surface area contributed by atoms with Crippen LogP contribution in [0.3, 0.4) is 0 Å². The first-order valence-electron chi connectivity index (χ1n) is 10.2. The molecule has 0 unspecified atom stereocenters. The van der Waals surface area contributed by atoms with Gasteiger partial charge < -0.3 is 26.2 Å². The number of amides is 1. The van der Waals surface area contributed by atoms with E-state index >= 15 is 0 Å². The lowest BCUT2D eigenvalue weighted by Crippen LogP contribution is -2.69. The summed E-state index contributed by atoms with van der Waals surface area (Å²) < 4.78 is 0. The van der Waals surface area contributed by atoms with Crippen molar-refractivity contribution in [3.05, 3.63) is 39.6 Å². The number of ketones is 3. The fraction of sp³-hybridized carbons (Fsp3) is 0.455. The Morgan fingerprint density at radius 2 is 1.73 bits per heavy atom. The topological polar surface area (TPSA) is 178 Å². The van der Waals surface area contributed by atoms with E-state index in [-0.39, 0.29) is 22.6 Å². The molecule has 10 nitrogen and oxygen atoms in total. The molecule has 1 aromatic carbocycles. The number of rotatable bonds is 2. The van der Waals surface area contributed by atoms with E-state index in [1.54, 1.807) is 0 Å². The third kappa shape index (κ3) is 2.78. The highest BCUT2D eigenvalue weighted by molar-refractivity contribution is 6.33. The predicted octanol–water partition coefficient (Wildman–Crippen LogP) is -0.188. The summed E-state index contributed by atoms with van der Waals surface area (Å²) in [5, 5.41) is 44.1. The smallest absolute Gasteiger partial charge is 0.255 e. The van der Waals surface area contributed by atoms with Crippen LogP contribution in [-0.4, -0.2) is 74.3 Å². The molecule has 33 heavy (non-hydrogen) atoms. The van der Waals surface area contributed by atoms with Gasteiger partial charge in [0.15, 0.2) is 23.0 Å². The number of halogens is 1. The molecule has 0 heterocycles. The quantitative estimate of drug-likeness (QED) is 0.284. The third-order valence-electron chi connectivity index (χ3n) is 7.29. The number of carbonyl (C=O) groups is 4. The van der Waals surface area contributed by atoms with Crippen LogP contribution in [0.2, 0.25) is 5.02 Å². The number of aromatic hydroxyl groups is 1. The molecule has 6 N–H and O–H groups in total. The number of aliphatic hydroxyl groups excluding tert-OH is 1. The molecule has 0 aromatic heterocycles. The minimum Gasteiger partial charge on any atom is -0.508 e. The number of Topliss-reactive ketones (excluding diaryl/α,β-unsaturated/α-hetero) is 3. The molecular weight excluding hydrogens is 456 g/mol. The molecule has 6 atom stereocenters. The van der Waals surface area contributed by atoms with Crippen LogP contribution in [0.5, 0.6) is 5.75 Å². The van der Waals surface area contributed by atoms with Crippen molar-refractivity contribution in [2.24, 2.45) is 23.5 Å². The fourth-order valence-electron chi connectivity index (χ4n) is 5.81. The van der Waals surface area contributed by atoms with Crippen molar-refractivity contribution in [2.45, 2.75) is 30.6 Å². The van der Waals surface area contributed by atoms with Crippen LogP contribution in [0, 0.1) is 17.8 Å². The first kappa shape index (κ1) is 23.4. The standard InChI is InChI=1S/C22H23ClN2O8/c1-21(32)7-6-8-15(25(2)3)17(28)13(20(24)31)19(30)22(8,33)18(29)11(7)16(27)12-10(26)5-4-9(23)14(12)21/h4-5,7-8,11,15,26,30,32-33H,6H2,1-3H3,(H2,24,31)/t7-,8+,11-,15-,21-,22+/m0/s1. The van der Waals surface area contributed by atoms with E-state index in [0.717, 1.165) is 6.07 Å². The maximum atomic E-state index is 13.7. The number of nitrogens with two attached hydrogens (primary N) is 1. The van der Waals surface area contributed by atoms with Crippen LogP contribution in [0.25, 0.3) is 0 Å². The van der Waals surface area contributed by atoms with Crippen LogP contribution < -0.4 is 5.73 Å². The minimum absolute atomic E-state index is 0.00415. The largest absolute Gasteiger partial charge is 0.508 e. The van der Waals surface area contributed by atoms with E-state index in [4.69, 9.17) is 17.3 Å². The van der Waals surface area contributed by atoms with Crippen LogP contribution in [-0.2, 0) is 20.0 Å². The number of hydrogen-bond acceptors (Lipinski definition) is 9. The van der Waals surface area contributed by atoms with Crippen molar-refractivity contribution in [2.75, 3.05) is 14.1 Å². The van der Waals surface area contributed by atoms with Crippen molar-refractivity contribution in [3.63, 3.8) is 0 Å². The van der Waals surface area contributed by atoms with Crippen LogP contribution in [0.4, 0.5) is 0 Å². The van der Waals surface area contributed by atoms with Gasteiger partial charge >= 0.3 is 0 Å². The van der Waals surface area contributed by atoms with Gasteiger partial charge in [0.25, 0.3) is 5.91 Å². The van der Waals surface area contributed by atoms with Crippen molar-refractivity contribution >= 4 is 34.9 Å². The summed E-state index contributed by atoms with van der Waals surface area (Å²) in [6.07, 6.45) is -0.262. The molecule has 3 aliphatic rings. The van der Waals surface area contributed by atoms with Gasteiger partial charge in [-0.25, -0.2) is 0 Å². The fourth-order valence-corrected chi connectivity index (χ4v) is 6.16. The van der Waals surface area contributed by atoms with E-state index < -0.39 is 75.3 Å². The third-order valence-corrected chi connectivity index (χ3v) is 7.61. The number of benzene rings is 1. The maximum absolute atomic E-state index is 13.7. The zero-order valence-electron chi connectivity index (χ0n) is 18.0. The van der Waals surface area contributed by atoms with E-state index in [9.17, 15) is 39.6 Å². The Bertz CT molecular complexity index is 1170. The number of phenols is 1. The lowest BCUT2D eigenvalue weighted by Gasteiger charge is -2.54. The Balaban J connectivity index is 2.01. The van der Waals surface area contributed by atoms with Gasteiger partial charge in [-0.2, -0.15) is 0 Å². The Morgan fingerprint density at radius 1 is 1.12 bits per heavy atom. The van der Waals surface area contributed by atoms with Gasteiger partial charge in [-0.1, -0.05) is 11.6 Å². The van der Waals surface area contributed by atoms with E-state index in [1.807, 2.05) is 0 Å². The number of likely N-dealkylation sites (N-methyl/N-ethyl adjacent to an activating group) is 1. The average molecular weight is 479 g/mol. The van der Waals surface area contributed by atoms with Gasteiger partial charge in [0.05, 0.1) is 23.1 Å². The highest BCUT2D eigenvalue weighted by atomic mass is 35.5. The summed E-state index contributed by atoms with van der Waals surface area (Å²) >= 11 is 6.26. The Hall–Kier alpha value is -2.79. The van der Waals surface area contributed by atoms with Gasteiger partial charge in [0.2, 0.25) is 0 Å². The number of aliphatic hydroxyl groups is 3. The Kier molecular flexibility index (Phi) is 5.03. The molecule has 0 radical (unpaired) electrons. The molecule has 1 fully saturated rings. The minimum atomic E-state index is -2.79. The van der Waals surface area contributed by atoms with Gasteiger partial charge in [-0.15, -0.1) is 0 Å². The Morgan fingerprint density at radius 3 is 2.27 bits per heavy atom. The molecule has 0 spiro atoms. The zero-order valence-corrected chi connectivity index (χ0v) is 18.8. The molecule has 0 aliphatic heterocycles. The molecular formula is C22H23ClN2O8. The molecule has 0 saturated heterocycles. The molecule has 3 aliphatic carbocycles. The van der Waals surface area contributed by atoms with Crippen molar-refractivity contribution < 1.29 is 39.6 Å². The lowest BCUT2D eigenvalue weighted by atomic mass is 9.51. The van der Waals surface area contributed by atoms with Gasteiger partial charge in [-0.05, 0) is 39.6 Å². The number of nitrogens with zero attached hydrogens (tertiary/aromatic N) is 1. The monoisotopic (exact) mass is 478 g/mol. The average Bonchev–Trinajstić information content (AvgIpc) is 2.69. The van der Waals surface area contributed by atoms with Crippen LogP contribution in [0.1, 0.15) is 29.3 Å². The molecule has 1 aromatic rings. The number of primary amides is 1. The lowest BCUT2D eigenvalue weighted by molar-refractivity contribution is -0.174. The van der Waals surface area contributed by atoms with Crippen LogP contribution >= 0.6 is 11.6 Å². The van der Waals surface area contributed by atoms with Crippen molar-refractivity contribution in [1.29, 1.82) is 0 Å². The first-order valence-corrected chi connectivity index (χ1v) is 10.6. The summed E-state index contributed by atoms with van der Waals surface area (Å²) in [7, 11) is 2.96. The van der Waals surface area contributed by atoms with E-state index in [0.29, 0.717) is 0 Å². The van der Waals surface area contributed by atoms with Gasteiger partial charge in [-0.3, -0.25) is 24.1 Å². The number of phenolic OH excluding ortho intramolecular Hbond substituents is 1. The highest BCUT2D eigenvalue weighted by Gasteiger charge is 2.69. The number of fused-ring (bicyclic) bond motifs is 3. The van der Waals surface area contributed by atoms with Crippen LogP contribution in [0.15, 0.2) is 23.5 Å². The summed E-state index contributed by atoms with van der Waals surface area (Å²) in [5.41, 5.74) is -0.772. The molecule has 11 heteroatoms. The normalized spacial score (nSPS) is 35.9. The second-order valence-corrected chi connectivity index (χ2v) is 9.65. The zero-order chi connectivity index (χ0) is 24.8. The van der Waals surface area contributed by atoms with Gasteiger partial charge in [0.1, 0.15) is 17.1 Å². The van der Waals surface area contributed by atoms with Crippen molar-refractivity contribution in [3.8, 4) is 5.75 Å². The predicted molar refractivity (Wildman–Crippen MR) is 113 cm³/mol. The second kappa shape index (κ2) is 7.10. The SMILES string of the molecule is CN(C)[C@@H]1C(=O)C(C(N)=O)=C(O)[C@]2(O)C(=O)[C@@H]3C(=O)c4c(O)ccc(Cl)c4[C@@](C)(O)[C@H]3C[C@H]12. The first-order chi connectivity index (χ1) is 15.2. The summed E-state index contributed by atoms with van der Waals surface area (Å²) in [6.45, 7) is 1.33. The molecule has 1 amide bonds. The number of carbonyl (C=O) groups excluding carboxylic acids is 4. The second-order valence-electron chi connectivity index (χ2n) is 9.25. The summed E-state index contributed by atoms with van der Waals surface area (Å²) in [5.74, 6) is -10.2. The molecule has 176 valence electrons. The van der Waals surface area contributed by atoms with Crippen molar-refractivity contribution in [1.82, 2.24) is 4.90 Å². The Labute approximate surface area is 193 Å². The molecule has 1 saturated carbocycles. The van der Waals surface area contributed by atoms with E-state index in [2.05, 4.69) is 0 Å². The number of hydrogen-bond donors (Lipinski definition) is 5. The van der Waals surface area contributed by atoms with E-state index in [1.165, 1.54) is 32.0 Å². The highest BCUT2D eigenvalue weighted by Crippen LogP contribution is 2.57. The maximum Gasteiger partial charge on any atom is 0.255 e. The summed E-state index contributed by atoms with van der Waals surface area (Å²) in [4.78, 5) is 53.5. The summed E-state index contributed by atoms with van der Waals surface area (Å²) in [6, 6.07) is 1.19.